The summed E-state index contributed by atoms with van der Waals surface area (Å²) in [5.74, 6) is -0.0424. The zero-order chi connectivity index (χ0) is 13.2. The van der Waals surface area contributed by atoms with Crippen LogP contribution in [-0.2, 0) is 11.3 Å². The molecule has 3 nitrogen and oxygen atoms in total. The maximum atomic E-state index is 12.2. The van der Waals surface area contributed by atoms with Gasteiger partial charge in [0.2, 0.25) is 5.91 Å². The number of amides is 1. The Kier molecular flexibility index (Phi) is 3.72. The molecule has 1 aliphatic carbocycles. The van der Waals surface area contributed by atoms with Crippen molar-refractivity contribution in [1.29, 1.82) is 5.26 Å². The number of hydrogen-bond donors (Lipinski definition) is 0. The van der Waals surface area contributed by atoms with Crippen molar-refractivity contribution in [2.75, 3.05) is 7.05 Å². The SMILES string of the molecule is CN(Cc1ccc(Br)cc1)C(=O)C1(C#N)CCC1. The first-order valence-corrected chi connectivity index (χ1v) is 6.78. The van der Waals surface area contributed by atoms with Gasteiger partial charge in [-0.05, 0) is 37.0 Å². The van der Waals surface area contributed by atoms with E-state index in [1.54, 1.807) is 11.9 Å². The lowest BCUT2D eigenvalue weighted by molar-refractivity contribution is -0.142. The Balaban J connectivity index is 2.04. The summed E-state index contributed by atoms with van der Waals surface area (Å²) in [5.41, 5.74) is 0.325. The lowest BCUT2D eigenvalue weighted by atomic mass is 9.69. The van der Waals surface area contributed by atoms with Gasteiger partial charge in [0.15, 0.2) is 0 Å². The largest absolute Gasteiger partial charge is 0.340 e. The highest BCUT2D eigenvalue weighted by Gasteiger charge is 2.46. The molecule has 4 heteroatoms. The van der Waals surface area contributed by atoms with Crippen LogP contribution in [0, 0.1) is 16.7 Å². The van der Waals surface area contributed by atoms with E-state index < -0.39 is 5.41 Å². The van der Waals surface area contributed by atoms with E-state index in [1.165, 1.54) is 0 Å². The molecule has 1 aromatic carbocycles. The number of halogens is 1. The van der Waals surface area contributed by atoms with Crippen LogP contribution in [0.25, 0.3) is 0 Å². The molecule has 1 fully saturated rings. The first-order valence-electron chi connectivity index (χ1n) is 5.99. The Bertz CT molecular complexity index is 486. The van der Waals surface area contributed by atoms with Crippen LogP contribution in [0.4, 0.5) is 0 Å². The van der Waals surface area contributed by atoms with Gasteiger partial charge in [0.05, 0.1) is 6.07 Å². The molecule has 1 aliphatic rings. The van der Waals surface area contributed by atoms with E-state index in [9.17, 15) is 4.79 Å². The molecule has 0 unspecified atom stereocenters. The average molecular weight is 307 g/mol. The third-order valence-electron chi connectivity index (χ3n) is 3.51. The summed E-state index contributed by atoms with van der Waals surface area (Å²) < 4.78 is 1.02. The number of hydrogen-bond acceptors (Lipinski definition) is 2. The Labute approximate surface area is 116 Å². The van der Waals surface area contributed by atoms with Crippen molar-refractivity contribution in [2.24, 2.45) is 5.41 Å². The average Bonchev–Trinajstić information content (AvgIpc) is 2.31. The van der Waals surface area contributed by atoms with Gasteiger partial charge in [-0.15, -0.1) is 0 Å². The van der Waals surface area contributed by atoms with E-state index in [0.717, 1.165) is 16.5 Å². The van der Waals surface area contributed by atoms with Crippen molar-refractivity contribution in [3.8, 4) is 6.07 Å². The molecular formula is C14H15BrN2O. The van der Waals surface area contributed by atoms with Crippen LogP contribution in [0.15, 0.2) is 28.7 Å². The number of rotatable bonds is 3. The van der Waals surface area contributed by atoms with E-state index in [1.807, 2.05) is 24.3 Å². The molecule has 0 spiro atoms. The number of benzene rings is 1. The molecule has 0 aromatic heterocycles. The van der Waals surface area contributed by atoms with Gasteiger partial charge in [0, 0.05) is 18.1 Å². The van der Waals surface area contributed by atoms with Gasteiger partial charge >= 0.3 is 0 Å². The quantitative estimate of drug-likeness (QED) is 0.861. The minimum Gasteiger partial charge on any atom is -0.340 e. The number of nitriles is 1. The molecule has 0 bridgehead atoms. The van der Waals surface area contributed by atoms with Crippen LogP contribution in [0.5, 0.6) is 0 Å². The Hall–Kier alpha value is -1.34. The standard InChI is InChI=1S/C14H15BrN2O/c1-17(9-11-3-5-12(15)6-4-11)13(18)14(10-16)7-2-8-14/h3-6H,2,7-9H2,1H3. The second kappa shape index (κ2) is 5.11. The minimum atomic E-state index is -0.746. The van der Waals surface area contributed by atoms with Crippen molar-refractivity contribution < 1.29 is 4.79 Å². The van der Waals surface area contributed by atoms with Gasteiger partial charge in [-0.1, -0.05) is 28.1 Å². The van der Waals surface area contributed by atoms with E-state index in [-0.39, 0.29) is 5.91 Å². The smallest absolute Gasteiger partial charge is 0.243 e. The Morgan fingerprint density at radius 1 is 1.44 bits per heavy atom. The highest BCUT2D eigenvalue weighted by atomic mass is 79.9. The zero-order valence-corrected chi connectivity index (χ0v) is 11.9. The normalized spacial score (nSPS) is 16.5. The first-order chi connectivity index (χ1) is 8.57. The highest BCUT2D eigenvalue weighted by Crippen LogP contribution is 2.41. The van der Waals surface area contributed by atoms with E-state index in [0.29, 0.717) is 19.4 Å². The third kappa shape index (κ3) is 2.41. The first kappa shape index (κ1) is 13.1. The van der Waals surface area contributed by atoms with Gasteiger partial charge in [-0.25, -0.2) is 0 Å². The van der Waals surface area contributed by atoms with Crippen LogP contribution in [0.3, 0.4) is 0 Å². The van der Waals surface area contributed by atoms with Crippen LogP contribution in [-0.4, -0.2) is 17.9 Å². The van der Waals surface area contributed by atoms with E-state index >= 15 is 0 Å². The Morgan fingerprint density at radius 2 is 2.06 bits per heavy atom. The maximum Gasteiger partial charge on any atom is 0.243 e. The van der Waals surface area contributed by atoms with Gasteiger partial charge in [-0.3, -0.25) is 4.79 Å². The molecule has 0 radical (unpaired) electrons. The van der Waals surface area contributed by atoms with Crippen LogP contribution >= 0.6 is 15.9 Å². The molecule has 1 saturated carbocycles. The zero-order valence-electron chi connectivity index (χ0n) is 10.3. The molecule has 0 saturated heterocycles. The Morgan fingerprint density at radius 3 is 2.50 bits per heavy atom. The molecule has 18 heavy (non-hydrogen) atoms. The highest BCUT2D eigenvalue weighted by molar-refractivity contribution is 9.10. The fourth-order valence-corrected chi connectivity index (χ4v) is 2.47. The van der Waals surface area contributed by atoms with Crippen molar-refractivity contribution in [1.82, 2.24) is 4.90 Å². The predicted octanol–water partition coefficient (Wildman–Crippen LogP) is 3.10. The van der Waals surface area contributed by atoms with Crippen molar-refractivity contribution in [3.05, 3.63) is 34.3 Å². The molecular weight excluding hydrogens is 292 g/mol. The topological polar surface area (TPSA) is 44.1 Å². The molecule has 0 atom stereocenters. The second-order valence-corrected chi connectivity index (χ2v) is 5.75. The van der Waals surface area contributed by atoms with Gasteiger partial charge in [0.25, 0.3) is 0 Å². The molecule has 0 heterocycles. The van der Waals surface area contributed by atoms with Crippen molar-refractivity contribution in [3.63, 3.8) is 0 Å². The molecule has 2 rings (SSSR count). The summed E-state index contributed by atoms with van der Waals surface area (Å²) in [6, 6.07) is 10.1. The summed E-state index contributed by atoms with van der Waals surface area (Å²) in [7, 11) is 1.77. The summed E-state index contributed by atoms with van der Waals surface area (Å²) in [6.45, 7) is 0.551. The van der Waals surface area contributed by atoms with Crippen LogP contribution in [0.2, 0.25) is 0 Å². The van der Waals surface area contributed by atoms with E-state index in [4.69, 9.17) is 5.26 Å². The predicted molar refractivity (Wildman–Crippen MR) is 72.5 cm³/mol. The number of carbonyl (C=O) groups is 1. The fraction of sp³-hybridized carbons (Fsp3) is 0.429. The minimum absolute atomic E-state index is 0.0424. The summed E-state index contributed by atoms with van der Waals surface area (Å²) in [6.07, 6.45) is 2.38. The monoisotopic (exact) mass is 306 g/mol. The van der Waals surface area contributed by atoms with Crippen molar-refractivity contribution >= 4 is 21.8 Å². The van der Waals surface area contributed by atoms with Gasteiger partial charge < -0.3 is 4.90 Å². The summed E-state index contributed by atoms with van der Waals surface area (Å²) in [4.78, 5) is 13.9. The molecule has 1 amide bonds. The lowest BCUT2D eigenvalue weighted by Gasteiger charge is -2.36. The fourth-order valence-electron chi connectivity index (χ4n) is 2.20. The van der Waals surface area contributed by atoms with Gasteiger partial charge in [0.1, 0.15) is 5.41 Å². The third-order valence-corrected chi connectivity index (χ3v) is 4.04. The number of carbonyl (C=O) groups excluding carboxylic acids is 1. The molecule has 0 N–H and O–H groups in total. The molecule has 1 aromatic rings. The van der Waals surface area contributed by atoms with E-state index in [2.05, 4.69) is 22.0 Å². The molecule has 94 valence electrons. The lowest BCUT2D eigenvalue weighted by Crippen LogP contribution is -2.45. The van der Waals surface area contributed by atoms with Crippen molar-refractivity contribution in [2.45, 2.75) is 25.8 Å². The van der Waals surface area contributed by atoms with Crippen LogP contribution in [0.1, 0.15) is 24.8 Å². The molecule has 0 aliphatic heterocycles. The number of nitrogens with zero attached hydrogens (tertiary/aromatic N) is 2. The van der Waals surface area contributed by atoms with Gasteiger partial charge in [-0.2, -0.15) is 5.26 Å². The van der Waals surface area contributed by atoms with Crippen LogP contribution < -0.4 is 0 Å². The maximum absolute atomic E-state index is 12.2. The summed E-state index contributed by atoms with van der Waals surface area (Å²) in [5, 5.41) is 9.15. The summed E-state index contributed by atoms with van der Waals surface area (Å²) >= 11 is 3.38. The second-order valence-electron chi connectivity index (χ2n) is 4.84.